The molecule has 1 rings (SSSR count). The lowest BCUT2D eigenvalue weighted by molar-refractivity contribution is 0.103. The molecule has 1 heterocycles. The molecule has 1 aliphatic rings. The lowest BCUT2D eigenvalue weighted by atomic mass is 10.2. The predicted octanol–water partition coefficient (Wildman–Crippen LogP) is 2.32. The topological polar surface area (TPSA) is 21.3 Å². The van der Waals surface area contributed by atoms with Crippen molar-refractivity contribution in [2.75, 3.05) is 18.5 Å². The molecule has 0 aromatic carbocycles. The molecule has 0 aromatic heterocycles. The van der Waals surface area contributed by atoms with Gasteiger partial charge in [0.05, 0.1) is 6.10 Å². The van der Waals surface area contributed by atoms with Crippen LogP contribution in [-0.2, 0) is 4.74 Å². The molecule has 78 valence electrons. The second-order valence-corrected chi connectivity index (χ2v) is 4.55. The van der Waals surface area contributed by atoms with E-state index in [0.717, 1.165) is 18.5 Å². The standard InChI is InChI=1S/C10H20BrNO/c1-9(4-6-11)12-7-5-10-3-2-8-13-10/h9-10,12H,2-8H2,1H3. The van der Waals surface area contributed by atoms with Crippen molar-refractivity contribution in [2.24, 2.45) is 0 Å². The number of hydrogen-bond acceptors (Lipinski definition) is 2. The first-order valence-electron chi connectivity index (χ1n) is 5.24. The molecule has 1 N–H and O–H groups in total. The highest BCUT2D eigenvalue weighted by Gasteiger charge is 2.14. The van der Waals surface area contributed by atoms with Crippen LogP contribution in [0, 0.1) is 0 Å². The molecule has 0 aliphatic carbocycles. The number of rotatable bonds is 6. The van der Waals surface area contributed by atoms with E-state index in [9.17, 15) is 0 Å². The zero-order valence-corrected chi connectivity index (χ0v) is 9.98. The molecule has 0 amide bonds. The summed E-state index contributed by atoms with van der Waals surface area (Å²) < 4.78 is 5.55. The molecule has 1 saturated heterocycles. The average Bonchev–Trinajstić information content (AvgIpc) is 2.57. The monoisotopic (exact) mass is 249 g/mol. The molecule has 2 unspecified atom stereocenters. The molecular formula is C10H20BrNO. The zero-order chi connectivity index (χ0) is 9.52. The number of ether oxygens (including phenoxy) is 1. The van der Waals surface area contributed by atoms with Gasteiger partial charge in [-0.05, 0) is 39.2 Å². The van der Waals surface area contributed by atoms with Gasteiger partial charge in [0.1, 0.15) is 0 Å². The predicted molar refractivity (Wildman–Crippen MR) is 59.5 cm³/mol. The Morgan fingerprint density at radius 2 is 2.46 bits per heavy atom. The van der Waals surface area contributed by atoms with Crippen molar-refractivity contribution in [1.82, 2.24) is 5.32 Å². The van der Waals surface area contributed by atoms with Gasteiger partial charge >= 0.3 is 0 Å². The molecule has 1 aliphatic heterocycles. The maximum absolute atomic E-state index is 5.55. The summed E-state index contributed by atoms with van der Waals surface area (Å²) in [6.45, 7) is 4.30. The number of nitrogens with one attached hydrogen (secondary N) is 1. The quantitative estimate of drug-likeness (QED) is 0.730. The van der Waals surface area contributed by atoms with Gasteiger partial charge in [-0.3, -0.25) is 0 Å². The Bertz CT molecular complexity index is 126. The van der Waals surface area contributed by atoms with Gasteiger partial charge in [-0.15, -0.1) is 0 Å². The minimum Gasteiger partial charge on any atom is -0.378 e. The molecule has 2 nitrogen and oxygen atoms in total. The van der Waals surface area contributed by atoms with Gasteiger partial charge in [-0.2, -0.15) is 0 Å². The Balaban J connectivity index is 1.93. The van der Waals surface area contributed by atoms with Gasteiger partial charge in [-0.1, -0.05) is 15.9 Å². The SMILES string of the molecule is CC(CCBr)NCCC1CCCO1. The normalized spacial score (nSPS) is 24.9. The first kappa shape index (κ1) is 11.5. The number of alkyl halides is 1. The smallest absolute Gasteiger partial charge is 0.0588 e. The summed E-state index contributed by atoms with van der Waals surface area (Å²) in [4.78, 5) is 0. The van der Waals surface area contributed by atoms with E-state index in [0.29, 0.717) is 12.1 Å². The Labute approximate surface area is 89.5 Å². The summed E-state index contributed by atoms with van der Waals surface area (Å²) in [6, 6.07) is 0.626. The molecule has 0 radical (unpaired) electrons. The van der Waals surface area contributed by atoms with Crippen LogP contribution in [0.3, 0.4) is 0 Å². The van der Waals surface area contributed by atoms with E-state index in [1.807, 2.05) is 0 Å². The molecule has 0 saturated carbocycles. The highest BCUT2D eigenvalue weighted by molar-refractivity contribution is 9.09. The fourth-order valence-electron chi connectivity index (χ4n) is 1.63. The number of halogens is 1. The fourth-order valence-corrected chi connectivity index (χ4v) is 2.32. The summed E-state index contributed by atoms with van der Waals surface area (Å²) in [5.74, 6) is 0. The second kappa shape index (κ2) is 6.80. The largest absolute Gasteiger partial charge is 0.378 e. The van der Waals surface area contributed by atoms with Crippen LogP contribution < -0.4 is 5.32 Å². The van der Waals surface area contributed by atoms with Crippen LogP contribution in [0.25, 0.3) is 0 Å². The molecule has 1 fully saturated rings. The van der Waals surface area contributed by atoms with Crippen molar-refractivity contribution in [1.29, 1.82) is 0 Å². The highest BCUT2D eigenvalue weighted by atomic mass is 79.9. The van der Waals surface area contributed by atoms with E-state index in [4.69, 9.17) is 4.74 Å². The third kappa shape index (κ3) is 4.99. The molecular weight excluding hydrogens is 230 g/mol. The van der Waals surface area contributed by atoms with E-state index in [2.05, 4.69) is 28.2 Å². The maximum Gasteiger partial charge on any atom is 0.0588 e. The van der Waals surface area contributed by atoms with Gasteiger partial charge in [0.25, 0.3) is 0 Å². The Morgan fingerprint density at radius 1 is 1.62 bits per heavy atom. The lowest BCUT2D eigenvalue weighted by Crippen LogP contribution is -2.29. The number of hydrogen-bond donors (Lipinski definition) is 1. The van der Waals surface area contributed by atoms with E-state index < -0.39 is 0 Å². The first-order chi connectivity index (χ1) is 6.33. The summed E-state index contributed by atoms with van der Waals surface area (Å²) in [5.41, 5.74) is 0. The molecule has 0 bridgehead atoms. The third-order valence-electron chi connectivity index (χ3n) is 2.53. The molecule has 0 spiro atoms. The van der Waals surface area contributed by atoms with Crippen molar-refractivity contribution in [2.45, 2.75) is 44.8 Å². The van der Waals surface area contributed by atoms with Crippen molar-refractivity contribution >= 4 is 15.9 Å². The van der Waals surface area contributed by atoms with Crippen molar-refractivity contribution in [3.63, 3.8) is 0 Å². The minimum atomic E-state index is 0.531. The van der Waals surface area contributed by atoms with Crippen LogP contribution in [0.1, 0.15) is 32.6 Å². The Morgan fingerprint density at radius 3 is 3.08 bits per heavy atom. The third-order valence-corrected chi connectivity index (χ3v) is 2.98. The van der Waals surface area contributed by atoms with E-state index in [1.54, 1.807) is 0 Å². The lowest BCUT2D eigenvalue weighted by Gasteiger charge is -2.14. The van der Waals surface area contributed by atoms with Crippen LogP contribution in [0.15, 0.2) is 0 Å². The second-order valence-electron chi connectivity index (χ2n) is 3.76. The summed E-state index contributed by atoms with van der Waals surface area (Å²) in [7, 11) is 0. The Hall–Kier alpha value is 0.400. The summed E-state index contributed by atoms with van der Waals surface area (Å²) in [5, 5.41) is 4.58. The van der Waals surface area contributed by atoms with E-state index in [1.165, 1.54) is 25.7 Å². The maximum atomic E-state index is 5.55. The molecule has 13 heavy (non-hydrogen) atoms. The van der Waals surface area contributed by atoms with Gasteiger partial charge in [-0.25, -0.2) is 0 Å². The molecule has 0 aromatic rings. The van der Waals surface area contributed by atoms with Crippen LogP contribution in [-0.4, -0.2) is 30.6 Å². The summed E-state index contributed by atoms with van der Waals surface area (Å²) in [6.07, 6.45) is 5.41. The van der Waals surface area contributed by atoms with Gasteiger partial charge in [0.15, 0.2) is 0 Å². The zero-order valence-electron chi connectivity index (χ0n) is 8.39. The summed E-state index contributed by atoms with van der Waals surface area (Å²) >= 11 is 3.44. The fraction of sp³-hybridized carbons (Fsp3) is 1.00. The first-order valence-corrected chi connectivity index (χ1v) is 6.36. The van der Waals surface area contributed by atoms with Crippen LogP contribution >= 0.6 is 15.9 Å². The van der Waals surface area contributed by atoms with Gasteiger partial charge in [0.2, 0.25) is 0 Å². The van der Waals surface area contributed by atoms with Crippen LogP contribution in [0.4, 0.5) is 0 Å². The van der Waals surface area contributed by atoms with E-state index >= 15 is 0 Å². The van der Waals surface area contributed by atoms with Crippen LogP contribution in [0.2, 0.25) is 0 Å². The van der Waals surface area contributed by atoms with Gasteiger partial charge < -0.3 is 10.1 Å². The van der Waals surface area contributed by atoms with Gasteiger partial charge in [0, 0.05) is 18.0 Å². The van der Waals surface area contributed by atoms with Crippen LogP contribution in [0.5, 0.6) is 0 Å². The van der Waals surface area contributed by atoms with Crippen molar-refractivity contribution in [3.05, 3.63) is 0 Å². The Kier molecular flexibility index (Phi) is 6.00. The minimum absolute atomic E-state index is 0.531. The molecule has 2 atom stereocenters. The highest BCUT2D eigenvalue weighted by Crippen LogP contribution is 2.14. The van der Waals surface area contributed by atoms with E-state index in [-0.39, 0.29) is 0 Å². The average molecular weight is 250 g/mol. The molecule has 3 heteroatoms. The van der Waals surface area contributed by atoms with Crippen molar-refractivity contribution in [3.8, 4) is 0 Å². The van der Waals surface area contributed by atoms with Crippen molar-refractivity contribution < 1.29 is 4.74 Å².